The average molecular weight is 661 g/mol. The molecule has 3 aromatic carbocycles. The molecule has 3 aromatic rings. The van der Waals surface area contributed by atoms with Gasteiger partial charge >= 0.3 is 5.97 Å². The number of carbonyl (C=O) groups excluding carboxylic acids is 1. The van der Waals surface area contributed by atoms with E-state index in [9.17, 15) is 23.1 Å². The third-order valence-corrected chi connectivity index (χ3v) is 9.19. The lowest BCUT2D eigenvalue weighted by Crippen LogP contribution is -2.57. The molecular weight excluding hydrogens is 631 g/mol. The normalized spacial score (nSPS) is 15.7. The lowest BCUT2D eigenvalue weighted by molar-refractivity contribution is -0.139. The van der Waals surface area contributed by atoms with E-state index in [1.54, 1.807) is 41.6 Å². The van der Waals surface area contributed by atoms with Gasteiger partial charge in [-0.05, 0) is 88.8 Å². The van der Waals surface area contributed by atoms with Gasteiger partial charge in [0, 0.05) is 62.7 Å². The summed E-state index contributed by atoms with van der Waals surface area (Å²) < 4.78 is 27.1. The number of fused-ring (bicyclic) bond motifs is 1. The van der Waals surface area contributed by atoms with Crippen molar-refractivity contribution in [3.8, 4) is 11.8 Å². The zero-order valence-corrected chi connectivity index (χ0v) is 24.8. The van der Waals surface area contributed by atoms with Gasteiger partial charge in [-0.3, -0.25) is 4.79 Å². The standard InChI is InChI=1S/C28H29IN4O5S/c1-28(29,27(35)36)30-39(37,38)33-16-14-32(15-17-33)25-12-7-20(8-13-25)4-5-21-6-9-23-19-24(26(34)31(2)3)11-10-22(23)18-21/h6-13,18-19,30H,14-17H2,1-3H3,(H,35,36). The van der Waals surface area contributed by atoms with Crippen LogP contribution in [0.2, 0.25) is 0 Å². The van der Waals surface area contributed by atoms with Crippen molar-refractivity contribution >= 4 is 61.1 Å². The van der Waals surface area contributed by atoms with Crippen LogP contribution < -0.4 is 9.62 Å². The van der Waals surface area contributed by atoms with Crippen molar-refractivity contribution in [2.45, 2.75) is 10.5 Å². The number of hydrogen-bond donors (Lipinski definition) is 2. The van der Waals surface area contributed by atoms with Crippen molar-refractivity contribution in [3.05, 3.63) is 77.4 Å². The number of nitrogens with one attached hydrogen (secondary N) is 1. The van der Waals surface area contributed by atoms with E-state index in [0.29, 0.717) is 18.7 Å². The quantitative estimate of drug-likeness (QED) is 0.182. The van der Waals surface area contributed by atoms with Crippen LogP contribution in [0.15, 0.2) is 60.7 Å². The highest BCUT2D eigenvalue weighted by Gasteiger charge is 2.38. The number of hydrogen-bond acceptors (Lipinski definition) is 5. The number of alkyl halides is 1. The first kappa shape index (κ1) is 28.8. The first-order valence-electron chi connectivity index (χ1n) is 12.2. The van der Waals surface area contributed by atoms with Crippen molar-refractivity contribution in [2.75, 3.05) is 45.2 Å². The minimum atomic E-state index is -3.92. The van der Waals surface area contributed by atoms with Gasteiger partial charge in [-0.15, -0.1) is 0 Å². The van der Waals surface area contributed by atoms with Gasteiger partial charge in [-0.1, -0.05) is 24.0 Å². The number of amides is 1. The number of rotatable bonds is 6. The van der Waals surface area contributed by atoms with Crippen LogP contribution in [0.25, 0.3) is 10.8 Å². The summed E-state index contributed by atoms with van der Waals surface area (Å²) in [6.45, 7) is 2.76. The number of anilines is 1. The summed E-state index contributed by atoms with van der Waals surface area (Å²) in [5.41, 5.74) is 3.33. The maximum absolute atomic E-state index is 12.6. The largest absolute Gasteiger partial charge is 0.479 e. The molecule has 0 aromatic heterocycles. The van der Waals surface area contributed by atoms with Crippen molar-refractivity contribution in [3.63, 3.8) is 0 Å². The van der Waals surface area contributed by atoms with Gasteiger partial charge < -0.3 is 14.9 Å². The number of carboxylic acid groups (broad SMARTS) is 1. The van der Waals surface area contributed by atoms with E-state index in [-0.39, 0.29) is 19.0 Å². The van der Waals surface area contributed by atoms with Crippen LogP contribution in [0.1, 0.15) is 28.4 Å². The number of piperazine rings is 1. The third-order valence-electron chi connectivity index (χ3n) is 6.38. The summed E-state index contributed by atoms with van der Waals surface area (Å²) in [5, 5.41) is 11.2. The number of carboxylic acids is 1. The predicted molar refractivity (Wildman–Crippen MR) is 160 cm³/mol. The monoisotopic (exact) mass is 660 g/mol. The molecule has 2 N–H and O–H groups in total. The number of nitrogens with zero attached hydrogens (tertiary/aromatic N) is 3. The molecule has 1 aliphatic rings. The molecule has 0 radical (unpaired) electrons. The molecule has 0 bridgehead atoms. The first-order chi connectivity index (χ1) is 18.4. The van der Waals surface area contributed by atoms with E-state index in [1.807, 2.05) is 60.7 Å². The Labute approximate surface area is 242 Å². The fourth-order valence-electron chi connectivity index (χ4n) is 4.15. The molecule has 11 heteroatoms. The number of halogens is 1. The minimum Gasteiger partial charge on any atom is -0.479 e. The van der Waals surface area contributed by atoms with E-state index < -0.39 is 19.7 Å². The zero-order chi connectivity index (χ0) is 28.4. The molecule has 4 rings (SSSR count). The van der Waals surface area contributed by atoms with Gasteiger partial charge in [0.15, 0.2) is 3.55 Å². The van der Waals surface area contributed by atoms with Crippen LogP contribution >= 0.6 is 22.6 Å². The van der Waals surface area contributed by atoms with Crippen LogP contribution in [-0.2, 0) is 15.0 Å². The summed E-state index contributed by atoms with van der Waals surface area (Å²) in [7, 11) is -0.458. The number of aliphatic carboxylic acids is 1. The second kappa shape index (κ2) is 11.5. The smallest absolute Gasteiger partial charge is 0.334 e. The molecule has 0 aliphatic carbocycles. The van der Waals surface area contributed by atoms with Crippen LogP contribution in [0.4, 0.5) is 5.69 Å². The Morgan fingerprint density at radius 3 is 2.10 bits per heavy atom. The fourth-order valence-corrected chi connectivity index (χ4v) is 6.33. The van der Waals surface area contributed by atoms with Gasteiger partial charge in [-0.2, -0.15) is 17.4 Å². The highest BCUT2D eigenvalue weighted by Crippen LogP contribution is 2.22. The highest BCUT2D eigenvalue weighted by atomic mass is 127. The van der Waals surface area contributed by atoms with Crippen LogP contribution in [0, 0.1) is 11.8 Å². The Morgan fingerprint density at radius 1 is 0.923 bits per heavy atom. The van der Waals surface area contributed by atoms with Crippen molar-refractivity contribution in [1.82, 2.24) is 13.9 Å². The van der Waals surface area contributed by atoms with Gasteiger partial charge in [0.2, 0.25) is 0 Å². The Hall–Kier alpha value is -3.18. The van der Waals surface area contributed by atoms with Gasteiger partial charge in [-0.25, -0.2) is 4.79 Å². The van der Waals surface area contributed by atoms with Gasteiger partial charge in [0.25, 0.3) is 16.1 Å². The Kier molecular flexibility index (Phi) is 8.51. The number of benzene rings is 3. The maximum Gasteiger partial charge on any atom is 0.334 e. The molecule has 1 atom stereocenters. The van der Waals surface area contributed by atoms with E-state index in [2.05, 4.69) is 21.5 Å². The molecule has 1 unspecified atom stereocenters. The van der Waals surface area contributed by atoms with E-state index >= 15 is 0 Å². The van der Waals surface area contributed by atoms with Crippen LogP contribution in [0.3, 0.4) is 0 Å². The second-order valence-corrected chi connectivity index (χ2v) is 13.4. The van der Waals surface area contributed by atoms with Gasteiger partial charge in [0.1, 0.15) is 0 Å². The van der Waals surface area contributed by atoms with E-state index in [1.165, 1.54) is 11.2 Å². The third kappa shape index (κ3) is 6.88. The summed E-state index contributed by atoms with van der Waals surface area (Å²) >= 11 is 1.57. The topological polar surface area (TPSA) is 110 Å². The summed E-state index contributed by atoms with van der Waals surface area (Å²) in [6, 6.07) is 19.3. The fraction of sp³-hybridized carbons (Fsp3) is 0.286. The Bertz CT molecular complexity index is 1570. The molecular formula is C28H29IN4O5S. The molecule has 1 fully saturated rings. The Balaban J connectivity index is 1.39. The molecule has 9 nitrogen and oxygen atoms in total. The first-order valence-corrected chi connectivity index (χ1v) is 14.7. The molecule has 0 spiro atoms. The summed E-state index contributed by atoms with van der Waals surface area (Å²) in [4.78, 5) is 27.1. The summed E-state index contributed by atoms with van der Waals surface area (Å²) in [5.74, 6) is 5.10. The van der Waals surface area contributed by atoms with E-state index in [4.69, 9.17) is 0 Å². The zero-order valence-electron chi connectivity index (χ0n) is 21.8. The van der Waals surface area contributed by atoms with Crippen molar-refractivity contribution in [1.29, 1.82) is 0 Å². The van der Waals surface area contributed by atoms with Crippen LogP contribution in [-0.4, -0.2) is 78.4 Å². The molecule has 0 saturated carbocycles. The van der Waals surface area contributed by atoms with Gasteiger partial charge in [0.05, 0.1) is 0 Å². The Morgan fingerprint density at radius 2 is 1.49 bits per heavy atom. The SMILES string of the molecule is CN(C)C(=O)c1ccc2cc(C#Cc3ccc(N4CCN(S(=O)(=O)NC(C)(I)C(=O)O)CC4)cc3)ccc2c1. The molecule has 1 amide bonds. The lowest BCUT2D eigenvalue weighted by atomic mass is 10.0. The maximum atomic E-state index is 12.6. The van der Waals surface area contributed by atoms with Crippen LogP contribution in [0.5, 0.6) is 0 Å². The van der Waals surface area contributed by atoms with Crippen molar-refractivity contribution in [2.24, 2.45) is 0 Å². The molecule has 1 heterocycles. The van der Waals surface area contributed by atoms with E-state index in [0.717, 1.165) is 27.6 Å². The lowest BCUT2D eigenvalue weighted by Gasteiger charge is -2.36. The molecule has 204 valence electrons. The number of carbonyl (C=O) groups is 2. The minimum absolute atomic E-state index is 0.0346. The second-order valence-electron chi connectivity index (χ2n) is 9.57. The van der Waals surface area contributed by atoms with Crippen molar-refractivity contribution < 1.29 is 23.1 Å². The predicted octanol–water partition coefficient (Wildman–Crippen LogP) is 3.13. The highest BCUT2D eigenvalue weighted by molar-refractivity contribution is 14.1. The molecule has 39 heavy (non-hydrogen) atoms. The summed E-state index contributed by atoms with van der Waals surface area (Å²) in [6.07, 6.45) is 0. The molecule has 1 aliphatic heterocycles. The average Bonchev–Trinajstić information content (AvgIpc) is 2.90. The molecule has 1 saturated heterocycles.